The zero-order valence-electron chi connectivity index (χ0n) is 8.62. The minimum Gasteiger partial charge on any atom is -0.340 e. The summed E-state index contributed by atoms with van der Waals surface area (Å²) in [6.07, 6.45) is 0. The minimum atomic E-state index is 0. The second-order valence-electron chi connectivity index (χ2n) is 2.93. The lowest BCUT2D eigenvalue weighted by Gasteiger charge is -2.15. The Morgan fingerprint density at radius 3 is 2.73 bits per heavy atom. The van der Waals surface area contributed by atoms with Gasteiger partial charge in [-0.05, 0) is 35.1 Å². The Balaban J connectivity index is 0.00000196. The molecule has 0 saturated carbocycles. The average Bonchev–Trinajstić information content (AvgIpc) is 2.60. The third kappa shape index (κ3) is 4.51. The number of hydrogen-bond donors (Lipinski definition) is 1. The van der Waals surface area contributed by atoms with Crippen molar-refractivity contribution in [3.05, 3.63) is 20.8 Å². The molecular formula is C9H14BrClN2OS. The molecule has 1 amide bonds. The van der Waals surface area contributed by atoms with E-state index >= 15 is 0 Å². The zero-order valence-corrected chi connectivity index (χ0v) is 11.8. The van der Waals surface area contributed by atoms with E-state index < -0.39 is 0 Å². The molecule has 3 nitrogen and oxygen atoms in total. The van der Waals surface area contributed by atoms with E-state index in [2.05, 4.69) is 21.2 Å². The Hall–Kier alpha value is -0.100. The maximum Gasteiger partial charge on any atom is 0.263 e. The molecule has 0 fully saturated rings. The van der Waals surface area contributed by atoms with Gasteiger partial charge >= 0.3 is 0 Å². The molecule has 0 aliphatic rings. The van der Waals surface area contributed by atoms with Crippen LogP contribution in [0.25, 0.3) is 0 Å². The van der Waals surface area contributed by atoms with Crippen LogP contribution in [0.15, 0.2) is 15.9 Å². The highest BCUT2D eigenvalue weighted by molar-refractivity contribution is 9.11. The van der Waals surface area contributed by atoms with Gasteiger partial charge in [0, 0.05) is 20.1 Å². The van der Waals surface area contributed by atoms with Crippen LogP contribution in [0, 0.1) is 0 Å². The average molecular weight is 314 g/mol. The zero-order chi connectivity index (χ0) is 10.6. The highest BCUT2D eigenvalue weighted by Gasteiger charge is 2.12. The van der Waals surface area contributed by atoms with Crippen molar-refractivity contribution in [1.29, 1.82) is 0 Å². The lowest BCUT2D eigenvalue weighted by atomic mass is 10.4. The molecule has 1 aromatic heterocycles. The number of likely N-dealkylation sites (N-methyl/N-ethyl adjacent to an activating group) is 2. The first-order valence-corrected chi connectivity index (χ1v) is 5.91. The number of nitrogens with zero attached hydrogens (tertiary/aromatic N) is 1. The van der Waals surface area contributed by atoms with E-state index in [0.29, 0.717) is 0 Å². The second kappa shape index (κ2) is 7.22. The highest BCUT2D eigenvalue weighted by atomic mass is 79.9. The van der Waals surface area contributed by atoms with Crippen LogP contribution in [0.2, 0.25) is 0 Å². The van der Waals surface area contributed by atoms with Crippen molar-refractivity contribution in [2.75, 3.05) is 27.2 Å². The fraction of sp³-hybridized carbons (Fsp3) is 0.444. The fourth-order valence-corrected chi connectivity index (χ4v) is 2.38. The quantitative estimate of drug-likeness (QED) is 0.924. The summed E-state index contributed by atoms with van der Waals surface area (Å²) in [6.45, 7) is 1.54. The molecule has 0 atom stereocenters. The van der Waals surface area contributed by atoms with Crippen molar-refractivity contribution in [1.82, 2.24) is 10.2 Å². The van der Waals surface area contributed by atoms with E-state index in [-0.39, 0.29) is 18.3 Å². The molecule has 0 unspecified atom stereocenters. The van der Waals surface area contributed by atoms with Crippen molar-refractivity contribution in [3.8, 4) is 0 Å². The molecular weight excluding hydrogens is 300 g/mol. The molecule has 15 heavy (non-hydrogen) atoms. The number of nitrogens with one attached hydrogen (secondary N) is 1. The van der Waals surface area contributed by atoms with Crippen molar-refractivity contribution in [2.24, 2.45) is 0 Å². The molecule has 0 saturated heterocycles. The van der Waals surface area contributed by atoms with Crippen LogP contribution in [0.4, 0.5) is 0 Å². The summed E-state index contributed by atoms with van der Waals surface area (Å²) in [5.74, 6) is 0.0796. The summed E-state index contributed by atoms with van der Waals surface area (Å²) in [5.41, 5.74) is 0. The third-order valence-corrected chi connectivity index (χ3v) is 3.44. The number of rotatable bonds is 4. The maximum absolute atomic E-state index is 11.8. The van der Waals surface area contributed by atoms with E-state index in [4.69, 9.17) is 0 Å². The number of halogens is 2. The van der Waals surface area contributed by atoms with Crippen LogP contribution in [-0.4, -0.2) is 38.0 Å². The Kier molecular flexibility index (Phi) is 7.17. The first-order chi connectivity index (χ1) is 6.65. The van der Waals surface area contributed by atoms with Crippen LogP contribution in [0.3, 0.4) is 0 Å². The molecule has 0 radical (unpaired) electrons. The van der Waals surface area contributed by atoms with Gasteiger partial charge in [0.2, 0.25) is 0 Å². The third-order valence-electron chi connectivity index (χ3n) is 1.83. The van der Waals surface area contributed by atoms with Crippen molar-refractivity contribution < 1.29 is 4.79 Å². The van der Waals surface area contributed by atoms with Gasteiger partial charge < -0.3 is 10.2 Å². The standard InChI is InChI=1S/C9H13BrN2OS.ClH/c1-11-5-6-12(2)9(13)7-3-4-8(10)14-7;/h3-4,11H,5-6H2,1-2H3;1H. The predicted molar refractivity (Wildman–Crippen MR) is 70.2 cm³/mol. The molecule has 0 aliphatic carbocycles. The van der Waals surface area contributed by atoms with Gasteiger partial charge in [-0.1, -0.05) is 0 Å². The number of carbonyl (C=O) groups excluding carboxylic acids is 1. The fourth-order valence-electron chi connectivity index (χ4n) is 0.998. The van der Waals surface area contributed by atoms with E-state index in [0.717, 1.165) is 21.8 Å². The van der Waals surface area contributed by atoms with Gasteiger partial charge in [0.05, 0.1) is 8.66 Å². The van der Waals surface area contributed by atoms with Crippen molar-refractivity contribution >= 4 is 45.6 Å². The topological polar surface area (TPSA) is 32.3 Å². The Labute approximate surface area is 108 Å². The molecule has 0 spiro atoms. The first-order valence-electron chi connectivity index (χ1n) is 4.30. The summed E-state index contributed by atoms with van der Waals surface area (Å²) in [5, 5.41) is 3.01. The second-order valence-corrected chi connectivity index (χ2v) is 5.40. The first kappa shape index (κ1) is 14.9. The summed E-state index contributed by atoms with van der Waals surface area (Å²) in [4.78, 5) is 14.2. The monoisotopic (exact) mass is 312 g/mol. The van der Waals surface area contributed by atoms with Gasteiger partial charge in [0.25, 0.3) is 5.91 Å². The molecule has 1 heterocycles. The normalized spacial score (nSPS) is 9.53. The summed E-state index contributed by atoms with van der Waals surface area (Å²) < 4.78 is 0.989. The number of amides is 1. The SMILES string of the molecule is CNCCN(C)C(=O)c1ccc(Br)s1.Cl. The summed E-state index contributed by atoms with van der Waals surface area (Å²) >= 11 is 4.80. The maximum atomic E-state index is 11.8. The largest absolute Gasteiger partial charge is 0.340 e. The van der Waals surface area contributed by atoms with Gasteiger partial charge in [0.1, 0.15) is 0 Å². The molecule has 1 rings (SSSR count). The van der Waals surface area contributed by atoms with E-state index in [1.54, 1.807) is 4.90 Å². The minimum absolute atomic E-state index is 0. The van der Waals surface area contributed by atoms with Crippen LogP contribution in [0.5, 0.6) is 0 Å². The Bertz CT molecular complexity index is 319. The molecule has 86 valence electrons. The van der Waals surface area contributed by atoms with Crippen LogP contribution in [0.1, 0.15) is 9.67 Å². The van der Waals surface area contributed by atoms with Gasteiger partial charge in [-0.25, -0.2) is 0 Å². The molecule has 0 aliphatic heterocycles. The van der Waals surface area contributed by atoms with Crippen LogP contribution in [-0.2, 0) is 0 Å². The predicted octanol–water partition coefficient (Wildman–Crippen LogP) is 2.22. The summed E-state index contributed by atoms with van der Waals surface area (Å²) in [7, 11) is 3.69. The smallest absolute Gasteiger partial charge is 0.263 e. The van der Waals surface area contributed by atoms with E-state index in [9.17, 15) is 4.79 Å². The van der Waals surface area contributed by atoms with Crippen molar-refractivity contribution in [2.45, 2.75) is 0 Å². The van der Waals surface area contributed by atoms with Crippen LogP contribution < -0.4 is 5.32 Å². The van der Waals surface area contributed by atoms with Gasteiger partial charge in [-0.2, -0.15) is 0 Å². The van der Waals surface area contributed by atoms with Gasteiger partial charge in [0.15, 0.2) is 0 Å². The van der Waals surface area contributed by atoms with Crippen molar-refractivity contribution in [3.63, 3.8) is 0 Å². The summed E-state index contributed by atoms with van der Waals surface area (Å²) in [6, 6.07) is 3.73. The molecule has 0 bridgehead atoms. The molecule has 1 aromatic rings. The molecule has 1 N–H and O–H groups in total. The Morgan fingerprint density at radius 1 is 1.60 bits per heavy atom. The molecule has 0 aromatic carbocycles. The Morgan fingerprint density at radius 2 is 2.27 bits per heavy atom. The number of carbonyl (C=O) groups is 1. The highest BCUT2D eigenvalue weighted by Crippen LogP contribution is 2.22. The van der Waals surface area contributed by atoms with E-state index in [1.165, 1.54) is 11.3 Å². The van der Waals surface area contributed by atoms with Gasteiger partial charge in [-0.3, -0.25) is 4.79 Å². The number of hydrogen-bond acceptors (Lipinski definition) is 3. The van der Waals surface area contributed by atoms with E-state index in [1.807, 2.05) is 26.2 Å². The molecule has 6 heteroatoms. The lowest BCUT2D eigenvalue weighted by molar-refractivity contribution is 0.0801. The number of thiophene rings is 1. The van der Waals surface area contributed by atoms with Crippen LogP contribution >= 0.6 is 39.7 Å². The lowest BCUT2D eigenvalue weighted by Crippen LogP contribution is -2.32. The van der Waals surface area contributed by atoms with Gasteiger partial charge in [-0.15, -0.1) is 23.7 Å².